The third kappa shape index (κ3) is 5.19. The van der Waals surface area contributed by atoms with Crippen molar-refractivity contribution in [3.8, 4) is 0 Å². The molecule has 5 nitrogen and oxygen atoms in total. The number of nitrogens with one attached hydrogen (secondary N) is 2. The Kier molecular flexibility index (Phi) is 7.26. The maximum Gasteiger partial charge on any atom is 0.191 e. The van der Waals surface area contributed by atoms with Crippen molar-refractivity contribution >= 4 is 5.96 Å². The highest BCUT2D eigenvalue weighted by Crippen LogP contribution is 2.25. The van der Waals surface area contributed by atoms with Gasteiger partial charge in [0.1, 0.15) is 0 Å². The summed E-state index contributed by atoms with van der Waals surface area (Å²) in [5.74, 6) is 0.847. The number of ether oxygens (including phenoxy) is 1. The van der Waals surface area contributed by atoms with E-state index in [1.165, 1.54) is 11.1 Å². The zero-order valence-corrected chi connectivity index (χ0v) is 16.4. The summed E-state index contributed by atoms with van der Waals surface area (Å²) in [5, 5.41) is 7.03. The number of hydrogen-bond acceptors (Lipinski definition) is 3. The van der Waals surface area contributed by atoms with Crippen LogP contribution < -0.4 is 10.6 Å². The van der Waals surface area contributed by atoms with Gasteiger partial charge in [-0.1, -0.05) is 31.2 Å². The highest BCUT2D eigenvalue weighted by molar-refractivity contribution is 5.80. The minimum atomic E-state index is 0.127. The molecule has 25 heavy (non-hydrogen) atoms. The molecule has 0 bridgehead atoms. The Morgan fingerprint density at radius 1 is 1.24 bits per heavy atom. The zero-order valence-electron chi connectivity index (χ0n) is 16.4. The average Bonchev–Trinajstić information content (AvgIpc) is 2.65. The summed E-state index contributed by atoms with van der Waals surface area (Å²) in [6.45, 7) is 6.87. The van der Waals surface area contributed by atoms with Gasteiger partial charge in [0.05, 0.1) is 6.04 Å². The predicted octanol–water partition coefficient (Wildman–Crippen LogP) is 2.59. The van der Waals surface area contributed by atoms with Crippen LogP contribution in [-0.4, -0.2) is 57.3 Å². The van der Waals surface area contributed by atoms with E-state index in [4.69, 9.17) is 4.74 Å². The molecule has 2 N–H and O–H groups in total. The standard InChI is InChI=1S/C20H34N4O/c1-6-17-7-9-18(10-8-17)16(2)23-19(21-3)22-15-20(24(4)5)11-13-25-14-12-20/h7-10,16H,6,11-15H2,1-5H3,(H2,21,22,23). The summed E-state index contributed by atoms with van der Waals surface area (Å²) in [6, 6.07) is 9.01. The number of hydrogen-bond donors (Lipinski definition) is 2. The van der Waals surface area contributed by atoms with Crippen molar-refractivity contribution in [1.82, 2.24) is 15.5 Å². The van der Waals surface area contributed by atoms with Crippen molar-refractivity contribution < 1.29 is 4.74 Å². The molecule has 1 atom stereocenters. The van der Waals surface area contributed by atoms with Gasteiger partial charge in [0, 0.05) is 32.3 Å². The van der Waals surface area contributed by atoms with Gasteiger partial charge < -0.3 is 20.3 Å². The molecule has 1 saturated heterocycles. The van der Waals surface area contributed by atoms with Gasteiger partial charge in [-0.05, 0) is 51.4 Å². The van der Waals surface area contributed by atoms with Crippen LogP contribution in [0.2, 0.25) is 0 Å². The molecule has 0 radical (unpaired) electrons. The Labute approximate surface area is 152 Å². The van der Waals surface area contributed by atoms with Crippen molar-refractivity contribution in [2.45, 2.75) is 44.7 Å². The van der Waals surface area contributed by atoms with Crippen LogP contribution in [0.25, 0.3) is 0 Å². The molecule has 0 aromatic heterocycles. The first kappa shape index (κ1) is 19.7. The third-order valence-corrected chi connectivity index (χ3v) is 5.42. The molecule has 0 amide bonds. The van der Waals surface area contributed by atoms with Gasteiger partial charge in [0.2, 0.25) is 0 Å². The van der Waals surface area contributed by atoms with Crippen LogP contribution in [0, 0.1) is 0 Å². The van der Waals surface area contributed by atoms with Crippen LogP contribution in [0.1, 0.15) is 43.9 Å². The Balaban J connectivity index is 1.95. The van der Waals surface area contributed by atoms with E-state index in [0.29, 0.717) is 0 Å². The molecule has 1 fully saturated rings. The summed E-state index contributed by atoms with van der Waals surface area (Å²) in [7, 11) is 6.14. The van der Waals surface area contributed by atoms with Crippen molar-refractivity contribution in [1.29, 1.82) is 0 Å². The van der Waals surface area contributed by atoms with E-state index in [1.54, 1.807) is 0 Å². The van der Waals surface area contributed by atoms with Crippen LogP contribution in [0.4, 0.5) is 0 Å². The Hall–Kier alpha value is -1.59. The highest BCUT2D eigenvalue weighted by atomic mass is 16.5. The maximum atomic E-state index is 5.55. The second kappa shape index (κ2) is 9.20. The van der Waals surface area contributed by atoms with E-state index in [9.17, 15) is 0 Å². The molecular formula is C20H34N4O. The second-order valence-corrected chi connectivity index (χ2v) is 7.12. The molecule has 1 aliphatic heterocycles. The monoisotopic (exact) mass is 346 g/mol. The molecule has 2 rings (SSSR count). The molecule has 1 aromatic carbocycles. The first-order valence-electron chi connectivity index (χ1n) is 9.32. The van der Waals surface area contributed by atoms with E-state index in [1.807, 2.05) is 7.05 Å². The maximum absolute atomic E-state index is 5.55. The molecule has 140 valence electrons. The van der Waals surface area contributed by atoms with Gasteiger partial charge in [-0.3, -0.25) is 4.99 Å². The Bertz CT molecular complexity index is 547. The van der Waals surface area contributed by atoms with Crippen molar-refractivity contribution in [3.05, 3.63) is 35.4 Å². The number of rotatable bonds is 6. The largest absolute Gasteiger partial charge is 0.381 e. The van der Waals surface area contributed by atoms with E-state index >= 15 is 0 Å². The number of aryl methyl sites for hydroxylation is 1. The Morgan fingerprint density at radius 3 is 2.40 bits per heavy atom. The molecule has 1 aliphatic rings. The minimum Gasteiger partial charge on any atom is -0.381 e. The number of benzene rings is 1. The SMILES string of the molecule is CCc1ccc(C(C)NC(=NC)NCC2(N(C)C)CCOCC2)cc1. The number of likely N-dealkylation sites (N-methyl/N-ethyl adjacent to an activating group) is 1. The summed E-state index contributed by atoms with van der Waals surface area (Å²) in [4.78, 5) is 6.73. The van der Waals surface area contributed by atoms with Gasteiger partial charge in [-0.2, -0.15) is 0 Å². The highest BCUT2D eigenvalue weighted by Gasteiger charge is 2.34. The molecule has 1 heterocycles. The summed E-state index contributed by atoms with van der Waals surface area (Å²) < 4.78 is 5.55. The lowest BCUT2D eigenvalue weighted by Crippen LogP contribution is -2.57. The fourth-order valence-electron chi connectivity index (χ4n) is 3.31. The van der Waals surface area contributed by atoms with Crippen molar-refractivity contribution in [2.75, 3.05) is 40.9 Å². The van der Waals surface area contributed by atoms with Gasteiger partial charge >= 0.3 is 0 Å². The number of aliphatic imine (C=N–C) groups is 1. The van der Waals surface area contributed by atoms with Gasteiger partial charge in [0.25, 0.3) is 0 Å². The van der Waals surface area contributed by atoms with E-state index in [0.717, 1.165) is 45.0 Å². The lowest BCUT2D eigenvalue weighted by atomic mass is 9.88. The molecule has 1 unspecified atom stereocenters. The van der Waals surface area contributed by atoms with Crippen LogP contribution in [0.5, 0.6) is 0 Å². The van der Waals surface area contributed by atoms with E-state index in [2.05, 4.69) is 72.7 Å². The van der Waals surface area contributed by atoms with Crippen LogP contribution in [0.15, 0.2) is 29.3 Å². The van der Waals surface area contributed by atoms with E-state index in [-0.39, 0.29) is 11.6 Å². The normalized spacial score (nSPS) is 18.9. The first-order valence-corrected chi connectivity index (χ1v) is 9.32. The van der Waals surface area contributed by atoms with Crippen LogP contribution in [-0.2, 0) is 11.2 Å². The van der Waals surface area contributed by atoms with Crippen molar-refractivity contribution in [2.24, 2.45) is 4.99 Å². The zero-order chi connectivity index (χ0) is 18.3. The second-order valence-electron chi connectivity index (χ2n) is 7.12. The molecule has 0 aliphatic carbocycles. The van der Waals surface area contributed by atoms with Gasteiger partial charge in [0.15, 0.2) is 5.96 Å². The quantitative estimate of drug-likeness (QED) is 0.614. The van der Waals surface area contributed by atoms with Gasteiger partial charge in [-0.25, -0.2) is 0 Å². The van der Waals surface area contributed by atoms with E-state index < -0.39 is 0 Å². The number of guanidine groups is 1. The molecule has 1 aromatic rings. The van der Waals surface area contributed by atoms with Crippen LogP contribution in [0.3, 0.4) is 0 Å². The fraction of sp³-hybridized carbons (Fsp3) is 0.650. The van der Waals surface area contributed by atoms with Crippen molar-refractivity contribution in [3.63, 3.8) is 0 Å². The Morgan fingerprint density at radius 2 is 1.88 bits per heavy atom. The summed E-state index contributed by atoms with van der Waals surface area (Å²) in [5.41, 5.74) is 2.77. The number of nitrogens with zero attached hydrogens (tertiary/aromatic N) is 2. The predicted molar refractivity (Wildman–Crippen MR) is 105 cm³/mol. The topological polar surface area (TPSA) is 48.9 Å². The van der Waals surface area contributed by atoms with Crippen LogP contribution >= 0.6 is 0 Å². The molecule has 5 heteroatoms. The smallest absolute Gasteiger partial charge is 0.191 e. The fourth-order valence-corrected chi connectivity index (χ4v) is 3.31. The first-order chi connectivity index (χ1) is 12.0. The lowest BCUT2D eigenvalue weighted by Gasteiger charge is -2.43. The summed E-state index contributed by atoms with van der Waals surface area (Å²) >= 11 is 0. The lowest BCUT2D eigenvalue weighted by molar-refractivity contribution is -0.00502. The summed E-state index contributed by atoms with van der Waals surface area (Å²) in [6.07, 6.45) is 3.15. The van der Waals surface area contributed by atoms with Gasteiger partial charge in [-0.15, -0.1) is 0 Å². The minimum absolute atomic E-state index is 0.127. The molecule has 0 spiro atoms. The molecular weight excluding hydrogens is 312 g/mol. The third-order valence-electron chi connectivity index (χ3n) is 5.42. The average molecular weight is 347 g/mol. The molecule has 0 saturated carbocycles.